The third kappa shape index (κ3) is 2.74. The molecule has 1 unspecified atom stereocenters. The molecule has 116 valence electrons. The first kappa shape index (κ1) is 14.1. The van der Waals surface area contributed by atoms with Crippen molar-refractivity contribution in [2.24, 2.45) is 0 Å². The predicted octanol–water partition coefficient (Wildman–Crippen LogP) is 3.90. The molecule has 1 aliphatic carbocycles. The number of benzene rings is 2. The summed E-state index contributed by atoms with van der Waals surface area (Å²) < 4.78 is 0. The van der Waals surface area contributed by atoms with E-state index < -0.39 is 0 Å². The number of fused-ring (bicyclic) bond motifs is 3. The predicted molar refractivity (Wildman–Crippen MR) is 92.3 cm³/mol. The fraction of sp³-hybridized carbons (Fsp3) is 0.250. The lowest BCUT2D eigenvalue weighted by atomic mass is 9.91. The van der Waals surface area contributed by atoms with E-state index in [0.29, 0.717) is 6.42 Å². The average Bonchev–Trinajstić information content (AvgIpc) is 2.96. The molecule has 0 saturated heterocycles. The highest BCUT2D eigenvalue weighted by Gasteiger charge is 2.25. The van der Waals surface area contributed by atoms with Crippen molar-refractivity contribution in [3.05, 3.63) is 71.4 Å². The quantitative estimate of drug-likeness (QED) is 0.757. The Morgan fingerprint density at radius 2 is 1.87 bits per heavy atom. The van der Waals surface area contributed by atoms with Gasteiger partial charge in [-0.25, -0.2) is 0 Å². The van der Waals surface area contributed by atoms with E-state index in [2.05, 4.69) is 28.5 Å². The third-order valence-corrected chi connectivity index (χ3v) is 4.66. The Bertz CT molecular complexity index is 835. The van der Waals surface area contributed by atoms with Gasteiger partial charge in [0.2, 0.25) is 5.91 Å². The van der Waals surface area contributed by atoms with Crippen LogP contribution in [0.4, 0.5) is 0 Å². The van der Waals surface area contributed by atoms with Crippen LogP contribution in [0.2, 0.25) is 0 Å². The lowest BCUT2D eigenvalue weighted by Gasteiger charge is -2.24. The molecule has 0 spiro atoms. The SMILES string of the molecule is O=C(Cc1ccccc1)NC1CCCc2c1[nH]c1ccccc21. The van der Waals surface area contributed by atoms with E-state index in [9.17, 15) is 4.79 Å². The molecule has 4 rings (SSSR count). The van der Waals surface area contributed by atoms with Crippen molar-refractivity contribution in [3.63, 3.8) is 0 Å². The van der Waals surface area contributed by atoms with Gasteiger partial charge < -0.3 is 10.3 Å². The number of hydrogen-bond donors (Lipinski definition) is 2. The molecule has 1 aromatic heterocycles. The number of carbonyl (C=O) groups is 1. The number of aromatic amines is 1. The Balaban J connectivity index is 1.56. The summed E-state index contributed by atoms with van der Waals surface area (Å²) in [6, 6.07) is 18.4. The van der Waals surface area contributed by atoms with Crippen LogP contribution in [0.15, 0.2) is 54.6 Å². The largest absolute Gasteiger partial charge is 0.356 e. The van der Waals surface area contributed by atoms with Gasteiger partial charge in [-0.2, -0.15) is 0 Å². The zero-order chi connectivity index (χ0) is 15.6. The number of rotatable bonds is 3. The fourth-order valence-corrected chi connectivity index (χ4v) is 3.59. The van der Waals surface area contributed by atoms with Crippen LogP contribution < -0.4 is 5.32 Å². The molecule has 0 aliphatic heterocycles. The highest BCUT2D eigenvalue weighted by atomic mass is 16.1. The molecular formula is C20H20N2O. The van der Waals surface area contributed by atoms with E-state index in [4.69, 9.17) is 0 Å². The Hall–Kier alpha value is -2.55. The first-order valence-electron chi connectivity index (χ1n) is 8.24. The smallest absolute Gasteiger partial charge is 0.224 e. The Morgan fingerprint density at radius 1 is 1.09 bits per heavy atom. The summed E-state index contributed by atoms with van der Waals surface area (Å²) in [5.41, 5.74) is 4.79. The Morgan fingerprint density at radius 3 is 2.74 bits per heavy atom. The van der Waals surface area contributed by atoms with Crippen LogP contribution in [-0.2, 0) is 17.6 Å². The van der Waals surface area contributed by atoms with Crippen LogP contribution >= 0.6 is 0 Å². The van der Waals surface area contributed by atoms with Gasteiger partial charge in [0.1, 0.15) is 0 Å². The molecule has 1 heterocycles. The fourth-order valence-electron chi connectivity index (χ4n) is 3.59. The molecule has 0 radical (unpaired) electrons. The summed E-state index contributed by atoms with van der Waals surface area (Å²) >= 11 is 0. The van der Waals surface area contributed by atoms with Crippen LogP contribution in [0.25, 0.3) is 10.9 Å². The minimum Gasteiger partial charge on any atom is -0.356 e. The monoisotopic (exact) mass is 304 g/mol. The van der Waals surface area contributed by atoms with Gasteiger partial charge in [0.15, 0.2) is 0 Å². The minimum absolute atomic E-state index is 0.0905. The van der Waals surface area contributed by atoms with Gasteiger partial charge >= 0.3 is 0 Å². The van der Waals surface area contributed by atoms with E-state index in [1.165, 1.54) is 22.2 Å². The molecule has 3 aromatic rings. The molecule has 1 atom stereocenters. The molecule has 2 N–H and O–H groups in total. The van der Waals surface area contributed by atoms with Gasteiger partial charge in [-0.3, -0.25) is 4.79 Å². The number of nitrogens with one attached hydrogen (secondary N) is 2. The second-order valence-corrected chi connectivity index (χ2v) is 6.24. The number of hydrogen-bond acceptors (Lipinski definition) is 1. The van der Waals surface area contributed by atoms with Crippen LogP contribution in [-0.4, -0.2) is 10.9 Å². The summed E-state index contributed by atoms with van der Waals surface area (Å²) in [4.78, 5) is 15.9. The number of amides is 1. The molecule has 23 heavy (non-hydrogen) atoms. The average molecular weight is 304 g/mol. The van der Waals surface area contributed by atoms with Gasteiger partial charge in [-0.1, -0.05) is 48.5 Å². The maximum absolute atomic E-state index is 12.4. The molecule has 0 saturated carbocycles. The van der Waals surface area contributed by atoms with Crippen molar-refractivity contribution < 1.29 is 4.79 Å². The Kier molecular flexibility index (Phi) is 3.62. The van der Waals surface area contributed by atoms with Crippen LogP contribution in [0, 0.1) is 0 Å². The Labute approximate surface area is 135 Å². The van der Waals surface area contributed by atoms with Crippen molar-refractivity contribution in [1.82, 2.24) is 10.3 Å². The van der Waals surface area contributed by atoms with E-state index in [0.717, 1.165) is 24.8 Å². The van der Waals surface area contributed by atoms with Crippen molar-refractivity contribution >= 4 is 16.8 Å². The van der Waals surface area contributed by atoms with Crippen molar-refractivity contribution in [3.8, 4) is 0 Å². The van der Waals surface area contributed by atoms with Crippen LogP contribution in [0.1, 0.15) is 35.7 Å². The van der Waals surface area contributed by atoms with Crippen LogP contribution in [0.5, 0.6) is 0 Å². The van der Waals surface area contributed by atoms with Crippen molar-refractivity contribution in [1.29, 1.82) is 0 Å². The van der Waals surface area contributed by atoms with Crippen molar-refractivity contribution in [2.45, 2.75) is 31.7 Å². The normalized spacial score (nSPS) is 17.0. The van der Waals surface area contributed by atoms with Gasteiger partial charge in [-0.15, -0.1) is 0 Å². The van der Waals surface area contributed by atoms with E-state index in [1.54, 1.807) is 0 Å². The third-order valence-electron chi connectivity index (χ3n) is 4.66. The number of aryl methyl sites for hydroxylation is 1. The molecular weight excluding hydrogens is 284 g/mol. The summed E-state index contributed by atoms with van der Waals surface area (Å²) in [5, 5.41) is 4.51. The molecule has 0 bridgehead atoms. The molecule has 0 fully saturated rings. The minimum atomic E-state index is 0.0905. The van der Waals surface area contributed by atoms with E-state index >= 15 is 0 Å². The number of para-hydroxylation sites is 1. The first-order chi connectivity index (χ1) is 11.3. The van der Waals surface area contributed by atoms with E-state index in [-0.39, 0.29) is 11.9 Å². The zero-order valence-corrected chi connectivity index (χ0v) is 13.0. The highest BCUT2D eigenvalue weighted by molar-refractivity contribution is 5.85. The van der Waals surface area contributed by atoms with Gasteiger partial charge in [0, 0.05) is 16.6 Å². The first-order valence-corrected chi connectivity index (χ1v) is 8.24. The summed E-state index contributed by atoms with van der Waals surface area (Å²) in [5.74, 6) is 0.0905. The summed E-state index contributed by atoms with van der Waals surface area (Å²) in [7, 11) is 0. The second kappa shape index (κ2) is 5.92. The molecule has 3 heteroatoms. The van der Waals surface area contributed by atoms with Crippen molar-refractivity contribution in [2.75, 3.05) is 0 Å². The van der Waals surface area contributed by atoms with Gasteiger partial charge in [0.05, 0.1) is 12.5 Å². The molecule has 2 aromatic carbocycles. The van der Waals surface area contributed by atoms with Crippen LogP contribution in [0.3, 0.4) is 0 Å². The maximum atomic E-state index is 12.4. The highest BCUT2D eigenvalue weighted by Crippen LogP contribution is 2.34. The van der Waals surface area contributed by atoms with E-state index in [1.807, 2.05) is 36.4 Å². The molecule has 3 nitrogen and oxygen atoms in total. The summed E-state index contributed by atoms with van der Waals surface area (Å²) in [6.45, 7) is 0. The zero-order valence-electron chi connectivity index (χ0n) is 13.0. The number of carbonyl (C=O) groups excluding carboxylic acids is 1. The lowest BCUT2D eigenvalue weighted by Crippen LogP contribution is -2.32. The molecule has 1 amide bonds. The second-order valence-electron chi connectivity index (χ2n) is 6.24. The number of aromatic nitrogens is 1. The summed E-state index contributed by atoms with van der Waals surface area (Å²) in [6.07, 6.45) is 3.64. The lowest BCUT2D eigenvalue weighted by molar-refractivity contribution is -0.121. The number of H-pyrrole nitrogens is 1. The molecule has 1 aliphatic rings. The van der Waals surface area contributed by atoms with Gasteiger partial charge in [0.25, 0.3) is 0 Å². The van der Waals surface area contributed by atoms with Gasteiger partial charge in [-0.05, 0) is 36.5 Å². The topological polar surface area (TPSA) is 44.9 Å². The maximum Gasteiger partial charge on any atom is 0.224 e. The standard InChI is InChI=1S/C20H20N2O/c23-19(13-14-7-2-1-3-8-14)21-18-12-6-10-16-15-9-4-5-11-17(15)22-20(16)18/h1-5,7-9,11,18,22H,6,10,12-13H2,(H,21,23).